The van der Waals surface area contributed by atoms with Crippen LogP contribution in [0.15, 0.2) is 24.3 Å². The van der Waals surface area contributed by atoms with Gasteiger partial charge in [0.2, 0.25) is 0 Å². The van der Waals surface area contributed by atoms with Gasteiger partial charge in [0.25, 0.3) is 0 Å². The Balaban J connectivity index is 2.10. The normalized spacial score (nSPS) is 17.6. The Bertz CT molecular complexity index is 560. The lowest BCUT2D eigenvalue weighted by Gasteiger charge is -2.39. The summed E-state index contributed by atoms with van der Waals surface area (Å²) in [7, 11) is 0. The highest BCUT2D eigenvalue weighted by molar-refractivity contribution is 7.99. The summed E-state index contributed by atoms with van der Waals surface area (Å²) in [6, 6.07) is 8.14. The number of thioether (sulfide) groups is 1. The van der Waals surface area contributed by atoms with Crippen LogP contribution < -0.4 is 0 Å². The van der Waals surface area contributed by atoms with E-state index in [0.717, 1.165) is 11.3 Å². The molecule has 1 heterocycles. The number of nitrogens with zero attached hydrogens (tertiary/aromatic N) is 1. The summed E-state index contributed by atoms with van der Waals surface area (Å²) in [5.74, 6) is 0.879. The Morgan fingerprint density at radius 1 is 1.29 bits per heavy atom. The molecule has 1 fully saturated rings. The Morgan fingerprint density at radius 3 is 2.50 bits per heavy atom. The summed E-state index contributed by atoms with van der Waals surface area (Å²) in [6.07, 6.45) is 0.808. The number of benzene rings is 1. The summed E-state index contributed by atoms with van der Waals surface area (Å²) in [5.41, 5.74) is 1.33. The highest BCUT2D eigenvalue weighted by atomic mass is 32.2. The van der Waals surface area contributed by atoms with E-state index in [1.54, 1.807) is 11.8 Å². The molecule has 1 aromatic carbocycles. The molecule has 2 rings (SSSR count). The molecule has 0 unspecified atom stereocenters. The maximum atomic E-state index is 11.8. The first kappa shape index (κ1) is 19.1. The Labute approximate surface area is 149 Å². The van der Waals surface area contributed by atoms with Gasteiger partial charge in [-0.15, -0.1) is 0 Å². The van der Waals surface area contributed by atoms with Gasteiger partial charge >= 0.3 is 6.09 Å². The largest absolute Gasteiger partial charge is 0.450 e. The first-order valence-electron chi connectivity index (χ1n) is 8.61. The topological polar surface area (TPSA) is 49.8 Å². The van der Waals surface area contributed by atoms with Crippen molar-refractivity contribution in [3.05, 3.63) is 35.4 Å². The van der Waals surface area contributed by atoms with Gasteiger partial charge in [-0.2, -0.15) is 11.8 Å². The summed E-state index contributed by atoms with van der Waals surface area (Å²) in [6.45, 7) is 9.84. The predicted molar refractivity (Wildman–Crippen MR) is 99.2 cm³/mol. The van der Waals surface area contributed by atoms with Gasteiger partial charge in [-0.3, -0.25) is 0 Å². The fraction of sp³-hybridized carbons (Fsp3) is 0.632. The average molecular weight is 352 g/mol. The average Bonchev–Trinajstić information content (AvgIpc) is 2.53. The van der Waals surface area contributed by atoms with Crippen molar-refractivity contribution in [1.82, 2.24) is 4.90 Å². The van der Waals surface area contributed by atoms with Crippen molar-refractivity contribution in [2.75, 3.05) is 19.7 Å². The molecular formula is C19H29NO3S. The highest BCUT2D eigenvalue weighted by Crippen LogP contribution is 2.37. The molecule has 0 radical (unpaired) electrons. The van der Waals surface area contributed by atoms with E-state index in [4.69, 9.17) is 4.74 Å². The van der Waals surface area contributed by atoms with Gasteiger partial charge in [0.15, 0.2) is 0 Å². The molecule has 1 saturated heterocycles. The maximum absolute atomic E-state index is 11.8. The van der Waals surface area contributed by atoms with Gasteiger partial charge < -0.3 is 14.7 Å². The van der Waals surface area contributed by atoms with Crippen LogP contribution in [0.4, 0.5) is 4.79 Å². The zero-order valence-electron chi connectivity index (χ0n) is 15.2. The summed E-state index contributed by atoms with van der Waals surface area (Å²) >= 11 is 1.88. The van der Waals surface area contributed by atoms with E-state index in [2.05, 4.69) is 26.8 Å². The fourth-order valence-corrected chi connectivity index (χ4v) is 3.78. The molecule has 1 aliphatic heterocycles. The number of carbonyl (C=O) groups excluding carboxylic acids is 1. The SMILES string of the molecule is CCOC(=O)N1CCC(O)(c2ccccc2CSC(C)(C)C)CC1. The number of rotatable bonds is 4. The first-order chi connectivity index (χ1) is 11.2. The van der Waals surface area contributed by atoms with Crippen LogP contribution >= 0.6 is 11.8 Å². The van der Waals surface area contributed by atoms with Crippen LogP contribution in [0.1, 0.15) is 51.7 Å². The fourth-order valence-electron chi connectivity index (χ4n) is 2.94. The minimum absolute atomic E-state index is 0.184. The van der Waals surface area contributed by atoms with Crippen LogP contribution in [0, 0.1) is 0 Å². The number of piperidine rings is 1. The molecule has 0 aliphatic carbocycles. The second-order valence-corrected chi connectivity index (χ2v) is 9.08. The van der Waals surface area contributed by atoms with Gasteiger partial charge in [0.1, 0.15) is 0 Å². The van der Waals surface area contributed by atoms with Gasteiger partial charge in [-0.05, 0) is 30.9 Å². The standard InChI is InChI=1S/C19H29NO3S/c1-5-23-17(21)20-12-10-19(22,11-13-20)16-9-7-6-8-15(16)14-24-18(2,3)4/h6-9,22H,5,10-14H2,1-4H3. The maximum Gasteiger partial charge on any atom is 0.409 e. The van der Waals surface area contributed by atoms with Gasteiger partial charge in [0, 0.05) is 23.6 Å². The van der Waals surface area contributed by atoms with E-state index in [1.807, 2.05) is 30.0 Å². The number of aliphatic hydroxyl groups is 1. The first-order valence-corrected chi connectivity index (χ1v) is 9.60. The molecule has 0 spiro atoms. The highest BCUT2D eigenvalue weighted by Gasteiger charge is 2.37. The third-order valence-electron chi connectivity index (χ3n) is 4.30. The third-order valence-corrected chi connectivity index (χ3v) is 5.62. The van der Waals surface area contributed by atoms with Crippen molar-refractivity contribution in [1.29, 1.82) is 0 Å². The van der Waals surface area contributed by atoms with Crippen molar-refractivity contribution < 1.29 is 14.6 Å². The molecule has 134 valence electrons. The lowest BCUT2D eigenvalue weighted by Crippen LogP contribution is -2.45. The smallest absolute Gasteiger partial charge is 0.409 e. The minimum Gasteiger partial charge on any atom is -0.450 e. The van der Waals surface area contributed by atoms with E-state index in [-0.39, 0.29) is 10.8 Å². The summed E-state index contributed by atoms with van der Waals surface area (Å²) < 4.78 is 5.24. The number of hydrogen-bond donors (Lipinski definition) is 1. The molecular weight excluding hydrogens is 322 g/mol. The summed E-state index contributed by atoms with van der Waals surface area (Å²) in [4.78, 5) is 13.5. The molecule has 24 heavy (non-hydrogen) atoms. The van der Waals surface area contributed by atoms with E-state index < -0.39 is 5.60 Å². The lowest BCUT2D eigenvalue weighted by atomic mass is 9.82. The Morgan fingerprint density at radius 2 is 1.92 bits per heavy atom. The number of hydrogen-bond acceptors (Lipinski definition) is 4. The van der Waals surface area contributed by atoms with Gasteiger partial charge in [0.05, 0.1) is 12.2 Å². The molecule has 4 nitrogen and oxygen atoms in total. The molecule has 0 bridgehead atoms. The molecule has 0 saturated carbocycles. The molecule has 0 atom stereocenters. The van der Waals surface area contributed by atoms with E-state index in [9.17, 15) is 9.90 Å². The number of carbonyl (C=O) groups is 1. The molecule has 5 heteroatoms. The van der Waals surface area contributed by atoms with Crippen molar-refractivity contribution in [3.8, 4) is 0 Å². The van der Waals surface area contributed by atoms with E-state index >= 15 is 0 Å². The number of ether oxygens (including phenoxy) is 1. The molecule has 1 N–H and O–H groups in total. The van der Waals surface area contributed by atoms with Crippen LogP contribution in [0.2, 0.25) is 0 Å². The van der Waals surface area contributed by atoms with Crippen molar-refractivity contribution in [2.24, 2.45) is 0 Å². The number of likely N-dealkylation sites (tertiary alicyclic amines) is 1. The van der Waals surface area contributed by atoms with Crippen molar-refractivity contribution >= 4 is 17.9 Å². The zero-order chi connectivity index (χ0) is 17.8. The Hall–Kier alpha value is -1.20. The van der Waals surface area contributed by atoms with Gasteiger partial charge in [-0.1, -0.05) is 45.0 Å². The molecule has 1 aromatic rings. The number of amides is 1. The second kappa shape index (κ2) is 7.79. The van der Waals surface area contributed by atoms with Crippen molar-refractivity contribution in [2.45, 2.75) is 56.6 Å². The molecule has 0 aromatic heterocycles. The van der Waals surface area contributed by atoms with Crippen LogP contribution in [0.3, 0.4) is 0 Å². The second-order valence-electron chi connectivity index (χ2n) is 7.28. The third kappa shape index (κ3) is 4.90. The van der Waals surface area contributed by atoms with Crippen LogP contribution in [0.25, 0.3) is 0 Å². The quantitative estimate of drug-likeness (QED) is 0.885. The Kier molecular flexibility index (Phi) is 6.21. The monoisotopic (exact) mass is 351 g/mol. The molecule has 1 amide bonds. The lowest BCUT2D eigenvalue weighted by molar-refractivity contribution is -0.0248. The van der Waals surface area contributed by atoms with E-state index in [0.29, 0.717) is 32.5 Å². The zero-order valence-corrected chi connectivity index (χ0v) is 16.0. The van der Waals surface area contributed by atoms with Crippen molar-refractivity contribution in [3.63, 3.8) is 0 Å². The minimum atomic E-state index is -0.863. The van der Waals surface area contributed by atoms with Crippen LogP contribution in [-0.2, 0) is 16.1 Å². The van der Waals surface area contributed by atoms with E-state index in [1.165, 1.54) is 5.56 Å². The van der Waals surface area contributed by atoms with Crippen LogP contribution in [-0.4, -0.2) is 40.5 Å². The van der Waals surface area contributed by atoms with Gasteiger partial charge in [-0.25, -0.2) is 4.79 Å². The molecule has 1 aliphatic rings. The van der Waals surface area contributed by atoms with Crippen LogP contribution in [0.5, 0.6) is 0 Å². The summed E-state index contributed by atoms with van der Waals surface area (Å²) in [5, 5.41) is 11.2. The predicted octanol–water partition coefficient (Wildman–Crippen LogP) is 4.16.